The van der Waals surface area contributed by atoms with Crippen molar-refractivity contribution >= 4 is 10.0 Å². The number of aryl methyl sites for hydroxylation is 2. The highest BCUT2D eigenvalue weighted by molar-refractivity contribution is 7.89. The fraction of sp³-hybridized carbons (Fsp3) is 0.750. The Labute approximate surface area is 114 Å². The topological polar surface area (TPSA) is 84.2 Å². The molecule has 0 atom stereocenters. The molecule has 0 aliphatic carbocycles. The normalized spacial score (nSPS) is 12.9. The molecule has 0 fully saturated rings. The van der Waals surface area contributed by atoms with Gasteiger partial charge in [0.1, 0.15) is 5.82 Å². The Hall–Kier alpha value is -0.920. The van der Waals surface area contributed by atoms with E-state index in [0.717, 1.165) is 6.42 Å². The summed E-state index contributed by atoms with van der Waals surface area (Å²) in [6, 6.07) is 0. The maximum absolute atomic E-state index is 12.1. The third-order valence-corrected chi connectivity index (χ3v) is 4.39. The van der Waals surface area contributed by atoms with Crippen LogP contribution in [0.4, 0.5) is 0 Å². The lowest BCUT2D eigenvalue weighted by molar-refractivity contribution is 0.242. The van der Waals surface area contributed by atoms with Crippen molar-refractivity contribution in [3.63, 3.8) is 0 Å². The van der Waals surface area contributed by atoms with E-state index in [1.165, 1.54) is 6.20 Å². The summed E-state index contributed by atoms with van der Waals surface area (Å²) in [5, 5.41) is 8.86. The van der Waals surface area contributed by atoms with Gasteiger partial charge in [-0.25, -0.2) is 18.1 Å². The van der Waals surface area contributed by atoms with E-state index in [0.29, 0.717) is 18.8 Å². The quantitative estimate of drug-likeness (QED) is 0.778. The molecule has 1 aromatic rings. The Balaban J connectivity index is 2.70. The zero-order chi connectivity index (χ0) is 14.7. The molecule has 1 aromatic heterocycles. The van der Waals surface area contributed by atoms with E-state index in [4.69, 9.17) is 5.11 Å². The highest BCUT2D eigenvalue weighted by atomic mass is 32.2. The third kappa shape index (κ3) is 4.59. The Morgan fingerprint density at radius 3 is 2.58 bits per heavy atom. The van der Waals surface area contributed by atoms with Crippen LogP contribution in [0.3, 0.4) is 0 Å². The van der Waals surface area contributed by atoms with Crippen LogP contribution in [-0.2, 0) is 17.1 Å². The molecule has 0 unspecified atom stereocenters. The molecule has 19 heavy (non-hydrogen) atoms. The maximum atomic E-state index is 12.1. The SMILES string of the molecule is Cc1nc(S(=O)(=O)NCC(C)(C)CCCO)cn1C. The largest absolute Gasteiger partial charge is 0.396 e. The zero-order valence-corrected chi connectivity index (χ0v) is 12.8. The van der Waals surface area contributed by atoms with Gasteiger partial charge < -0.3 is 9.67 Å². The van der Waals surface area contributed by atoms with E-state index in [2.05, 4.69) is 9.71 Å². The predicted octanol–water partition coefficient (Wildman–Crippen LogP) is 0.806. The molecule has 0 aromatic carbocycles. The van der Waals surface area contributed by atoms with Crippen molar-refractivity contribution in [1.82, 2.24) is 14.3 Å². The molecule has 1 rings (SSSR count). The lowest BCUT2D eigenvalue weighted by Crippen LogP contribution is -2.34. The minimum atomic E-state index is -3.56. The van der Waals surface area contributed by atoms with E-state index in [9.17, 15) is 8.42 Å². The Kier molecular flexibility index (Phi) is 5.11. The van der Waals surface area contributed by atoms with Crippen LogP contribution in [0.2, 0.25) is 0 Å². The lowest BCUT2D eigenvalue weighted by atomic mass is 9.88. The number of aliphatic hydroxyl groups excluding tert-OH is 1. The van der Waals surface area contributed by atoms with E-state index in [1.807, 2.05) is 13.8 Å². The highest BCUT2D eigenvalue weighted by Gasteiger charge is 2.23. The highest BCUT2D eigenvalue weighted by Crippen LogP contribution is 2.21. The van der Waals surface area contributed by atoms with Crippen LogP contribution in [0, 0.1) is 12.3 Å². The molecule has 2 N–H and O–H groups in total. The first-order valence-electron chi connectivity index (χ1n) is 6.28. The van der Waals surface area contributed by atoms with Crippen LogP contribution in [-0.4, -0.2) is 36.2 Å². The van der Waals surface area contributed by atoms with Crippen LogP contribution in [0.5, 0.6) is 0 Å². The summed E-state index contributed by atoms with van der Waals surface area (Å²) in [4.78, 5) is 4.02. The molecule has 0 spiro atoms. The maximum Gasteiger partial charge on any atom is 0.259 e. The Morgan fingerprint density at radius 1 is 1.47 bits per heavy atom. The van der Waals surface area contributed by atoms with Gasteiger partial charge >= 0.3 is 0 Å². The number of nitrogens with one attached hydrogen (secondary N) is 1. The molecule has 0 bridgehead atoms. The van der Waals surface area contributed by atoms with Crippen molar-refractivity contribution < 1.29 is 13.5 Å². The van der Waals surface area contributed by atoms with Gasteiger partial charge in [0.05, 0.1) is 0 Å². The van der Waals surface area contributed by atoms with Crippen LogP contribution < -0.4 is 4.72 Å². The van der Waals surface area contributed by atoms with Crippen LogP contribution in [0.15, 0.2) is 11.2 Å². The second kappa shape index (κ2) is 6.02. The van der Waals surface area contributed by atoms with Gasteiger partial charge in [0.15, 0.2) is 5.03 Å². The summed E-state index contributed by atoms with van der Waals surface area (Å²) in [5.41, 5.74) is -0.195. The van der Waals surface area contributed by atoms with Gasteiger partial charge in [-0.05, 0) is 25.2 Å². The third-order valence-electron chi connectivity index (χ3n) is 3.11. The minimum absolute atomic E-state index is 0.0467. The molecule has 0 aliphatic rings. The molecular weight excluding hydrogens is 266 g/mol. The average Bonchev–Trinajstić information content (AvgIpc) is 2.66. The fourth-order valence-corrected chi connectivity index (χ4v) is 2.94. The second-order valence-corrected chi connectivity index (χ2v) is 7.27. The molecule has 110 valence electrons. The van der Waals surface area contributed by atoms with E-state index < -0.39 is 10.0 Å². The van der Waals surface area contributed by atoms with Gasteiger partial charge in [-0.15, -0.1) is 0 Å². The van der Waals surface area contributed by atoms with E-state index in [-0.39, 0.29) is 17.0 Å². The number of nitrogens with zero attached hydrogens (tertiary/aromatic N) is 2. The number of aromatic nitrogens is 2. The molecule has 6 nitrogen and oxygen atoms in total. The summed E-state index contributed by atoms with van der Waals surface area (Å²) in [7, 11) is -1.81. The summed E-state index contributed by atoms with van der Waals surface area (Å²) >= 11 is 0. The van der Waals surface area contributed by atoms with Gasteiger partial charge in [-0.3, -0.25) is 0 Å². The number of imidazole rings is 1. The van der Waals surface area contributed by atoms with Crippen molar-refractivity contribution in [1.29, 1.82) is 0 Å². The fourth-order valence-electron chi connectivity index (χ4n) is 1.67. The van der Waals surface area contributed by atoms with Gasteiger partial charge in [0, 0.05) is 26.4 Å². The number of hydrogen-bond acceptors (Lipinski definition) is 4. The lowest BCUT2D eigenvalue weighted by Gasteiger charge is -2.24. The van der Waals surface area contributed by atoms with Crippen molar-refractivity contribution in [2.45, 2.75) is 38.6 Å². The Morgan fingerprint density at radius 2 is 2.11 bits per heavy atom. The Bertz CT molecular complexity index is 501. The van der Waals surface area contributed by atoms with Crippen LogP contribution in [0.25, 0.3) is 0 Å². The van der Waals surface area contributed by atoms with Crippen molar-refractivity contribution in [3.8, 4) is 0 Å². The minimum Gasteiger partial charge on any atom is -0.396 e. The van der Waals surface area contributed by atoms with Crippen molar-refractivity contribution in [2.24, 2.45) is 12.5 Å². The smallest absolute Gasteiger partial charge is 0.259 e. The summed E-state index contributed by atoms with van der Waals surface area (Å²) in [6.45, 7) is 6.13. The van der Waals surface area contributed by atoms with Gasteiger partial charge in [-0.1, -0.05) is 13.8 Å². The molecule has 0 saturated heterocycles. The van der Waals surface area contributed by atoms with Crippen LogP contribution in [0.1, 0.15) is 32.5 Å². The molecule has 0 amide bonds. The predicted molar refractivity (Wildman–Crippen MR) is 73.2 cm³/mol. The summed E-state index contributed by atoms with van der Waals surface area (Å²) in [6.07, 6.45) is 2.92. The monoisotopic (exact) mass is 289 g/mol. The molecule has 1 heterocycles. The number of sulfonamides is 1. The standard InChI is InChI=1S/C12H23N3O3S/c1-10-14-11(8-15(10)4)19(17,18)13-9-12(2,3)6-5-7-16/h8,13,16H,5-7,9H2,1-4H3. The molecular formula is C12H23N3O3S. The van der Waals surface area contributed by atoms with Gasteiger partial charge in [0.25, 0.3) is 10.0 Å². The number of hydrogen-bond donors (Lipinski definition) is 2. The van der Waals surface area contributed by atoms with Gasteiger partial charge in [-0.2, -0.15) is 0 Å². The first-order valence-corrected chi connectivity index (χ1v) is 7.77. The van der Waals surface area contributed by atoms with Crippen LogP contribution >= 0.6 is 0 Å². The molecule has 0 aliphatic heterocycles. The van der Waals surface area contributed by atoms with E-state index in [1.54, 1.807) is 18.5 Å². The van der Waals surface area contributed by atoms with Gasteiger partial charge in [0.2, 0.25) is 0 Å². The number of rotatable bonds is 7. The van der Waals surface area contributed by atoms with Crippen molar-refractivity contribution in [2.75, 3.05) is 13.2 Å². The first kappa shape index (κ1) is 16.1. The summed E-state index contributed by atoms with van der Waals surface area (Å²) in [5.74, 6) is 0.653. The zero-order valence-electron chi connectivity index (χ0n) is 12.0. The second-order valence-electron chi connectivity index (χ2n) is 5.55. The summed E-state index contributed by atoms with van der Waals surface area (Å²) < 4.78 is 28.4. The number of aliphatic hydroxyl groups is 1. The van der Waals surface area contributed by atoms with Crippen molar-refractivity contribution in [3.05, 3.63) is 12.0 Å². The van der Waals surface area contributed by atoms with E-state index >= 15 is 0 Å². The molecule has 0 saturated carbocycles. The first-order chi connectivity index (χ1) is 8.68. The average molecular weight is 289 g/mol. The molecule has 0 radical (unpaired) electrons. The molecule has 7 heteroatoms.